The maximum absolute atomic E-state index is 5.23. The molecule has 0 atom stereocenters. The van der Waals surface area contributed by atoms with Gasteiger partial charge in [0.25, 0.3) is 0 Å². The van der Waals surface area contributed by atoms with Gasteiger partial charge in [0, 0.05) is 33.4 Å². The SMILES string of the molecule is c1ccc(-c2cc(-c3ccc(-c4cc(-c5cc(-c6ccccc6)nc(-c6ccccc6)c5)cc(-c5cc(-c6ccccc6)nc(-c6ccccc6)c5)c4)cc3)cc(-c3ccccc3)n2)cc1. The van der Waals surface area contributed by atoms with Gasteiger partial charge in [0.05, 0.1) is 34.2 Å². The highest BCUT2D eigenvalue weighted by Crippen LogP contribution is 2.39. The molecule has 0 saturated carbocycles. The number of benzene rings is 8. The molecule has 3 heterocycles. The van der Waals surface area contributed by atoms with Crippen molar-refractivity contribution in [3.63, 3.8) is 0 Å². The Morgan fingerprint density at radius 1 is 0.136 bits per heavy atom. The van der Waals surface area contributed by atoms with Crippen LogP contribution in [-0.4, -0.2) is 15.0 Å². The molecule has 310 valence electrons. The zero-order chi connectivity index (χ0) is 44.1. The Morgan fingerprint density at radius 3 is 0.515 bits per heavy atom. The van der Waals surface area contributed by atoms with Gasteiger partial charge in [-0.1, -0.05) is 206 Å². The predicted octanol–water partition coefficient (Wildman–Crippen LogP) is 16.5. The Labute approximate surface area is 386 Å². The lowest BCUT2D eigenvalue weighted by atomic mass is 9.91. The van der Waals surface area contributed by atoms with E-state index in [0.717, 1.165) is 112 Å². The molecule has 3 heteroatoms. The normalized spacial score (nSPS) is 11.0. The third-order valence-corrected chi connectivity index (χ3v) is 12.0. The molecule has 0 N–H and O–H groups in total. The van der Waals surface area contributed by atoms with E-state index in [2.05, 4.69) is 224 Å². The first kappa shape index (κ1) is 40.0. The van der Waals surface area contributed by atoms with E-state index >= 15 is 0 Å². The van der Waals surface area contributed by atoms with E-state index in [1.54, 1.807) is 0 Å². The van der Waals surface area contributed by atoms with Crippen LogP contribution in [0.5, 0.6) is 0 Å². The summed E-state index contributed by atoms with van der Waals surface area (Å²) >= 11 is 0. The Bertz CT molecular complexity index is 3090. The first-order valence-corrected chi connectivity index (χ1v) is 22.3. The summed E-state index contributed by atoms with van der Waals surface area (Å²) in [6, 6.07) is 91.9. The smallest absolute Gasteiger partial charge is 0.0715 e. The second-order valence-electron chi connectivity index (χ2n) is 16.5. The van der Waals surface area contributed by atoms with Gasteiger partial charge in [0.2, 0.25) is 0 Å². The van der Waals surface area contributed by atoms with Gasteiger partial charge in [-0.25, -0.2) is 15.0 Å². The number of aromatic nitrogens is 3. The van der Waals surface area contributed by atoms with Crippen molar-refractivity contribution in [3.05, 3.63) is 261 Å². The summed E-state index contributed by atoms with van der Waals surface area (Å²) in [4.78, 5) is 15.6. The van der Waals surface area contributed by atoms with Crippen molar-refractivity contribution in [2.75, 3.05) is 0 Å². The van der Waals surface area contributed by atoms with Crippen molar-refractivity contribution in [2.24, 2.45) is 0 Å². The lowest BCUT2D eigenvalue weighted by molar-refractivity contribution is 1.32. The summed E-state index contributed by atoms with van der Waals surface area (Å²) < 4.78 is 0. The molecule has 0 unspecified atom stereocenters. The molecule has 3 nitrogen and oxygen atoms in total. The van der Waals surface area contributed by atoms with Crippen molar-refractivity contribution < 1.29 is 0 Å². The standard InChI is InChI=1S/C63H43N3/c1-7-19-46(20-8-1)58-38-55(39-59(64-58)47-21-9-2-10-22-47)45-33-31-44(32-34-45)52-35-53(56-40-60(48-23-11-3-12-24-48)65-61(41-56)49-25-13-4-14-26-49)37-54(36-52)57-42-62(50-27-15-5-16-28-50)66-63(43-57)51-29-17-6-18-30-51/h1-43H. The molecular weight excluding hydrogens is 799 g/mol. The fourth-order valence-corrected chi connectivity index (χ4v) is 8.62. The van der Waals surface area contributed by atoms with Crippen LogP contribution in [0, 0.1) is 0 Å². The van der Waals surface area contributed by atoms with Gasteiger partial charge in [-0.05, 0) is 99.1 Å². The van der Waals surface area contributed by atoms with Crippen LogP contribution < -0.4 is 0 Å². The molecule has 0 aliphatic rings. The quantitative estimate of drug-likeness (QED) is 0.138. The van der Waals surface area contributed by atoms with E-state index in [4.69, 9.17) is 15.0 Å². The zero-order valence-electron chi connectivity index (χ0n) is 36.2. The molecule has 0 amide bonds. The molecule has 66 heavy (non-hydrogen) atoms. The molecule has 0 fully saturated rings. The van der Waals surface area contributed by atoms with Gasteiger partial charge in [-0.15, -0.1) is 0 Å². The highest BCUT2D eigenvalue weighted by Gasteiger charge is 2.16. The molecule has 0 spiro atoms. The molecular formula is C63H43N3. The monoisotopic (exact) mass is 841 g/mol. The number of hydrogen-bond donors (Lipinski definition) is 0. The minimum Gasteiger partial charge on any atom is -0.248 e. The fourth-order valence-electron chi connectivity index (χ4n) is 8.62. The molecule has 3 aromatic heterocycles. The molecule has 8 aromatic carbocycles. The van der Waals surface area contributed by atoms with E-state index in [9.17, 15) is 0 Å². The van der Waals surface area contributed by atoms with Crippen LogP contribution in [0.15, 0.2) is 261 Å². The summed E-state index contributed by atoms with van der Waals surface area (Å²) in [6.45, 7) is 0. The van der Waals surface area contributed by atoms with Gasteiger partial charge < -0.3 is 0 Å². The van der Waals surface area contributed by atoms with E-state index in [1.165, 1.54) is 0 Å². The van der Waals surface area contributed by atoms with Gasteiger partial charge in [0.1, 0.15) is 0 Å². The highest BCUT2D eigenvalue weighted by atomic mass is 14.7. The summed E-state index contributed by atoms with van der Waals surface area (Å²) in [5.41, 5.74) is 20.8. The maximum Gasteiger partial charge on any atom is 0.0715 e. The highest BCUT2D eigenvalue weighted by molar-refractivity contribution is 5.87. The number of pyridine rings is 3. The average Bonchev–Trinajstić information content (AvgIpc) is 3.42. The number of rotatable bonds is 10. The molecule has 0 bridgehead atoms. The van der Waals surface area contributed by atoms with E-state index in [-0.39, 0.29) is 0 Å². The summed E-state index contributed by atoms with van der Waals surface area (Å²) in [5, 5.41) is 0. The van der Waals surface area contributed by atoms with Crippen LogP contribution in [0.2, 0.25) is 0 Å². The van der Waals surface area contributed by atoms with Crippen LogP contribution in [-0.2, 0) is 0 Å². The Kier molecular flexibility index (Phi) is 11.0. The van der Waals surface area contributed by atoms with E-state index < -0.39 is 0 Å². The number of nitrogens with zero attached hydrogens (tertiary/aromatic N) is 3. The van der Waals surface area contributed by atoms with E-state index in [0.29, 0.717) is 0 Å². The topological polar surface area (TPSA) is 38.7 Å². The van der Waals surface area contributed by atoms with Crippen molar-refractivity contribution in [1.29, 1.82) is 0 Å². The molecule has 11 rings (SSSR count). The van der Waals surface area contributed by atoms with Crippen molar-refractivity contribution >= 4 is 0 Å². The van der Waals surface area contributed by atoms with Crippen LogP contribution >= 0.6 is 0 Å². The Morgan fingerprint density at radius 2 is 0.303 bits per heavy atom. The minimum atomic E-state index is 0.923. The van der Waals surface area contributed by atoms with Crippen LogP contribution in [0.3, 0.4) is 0 Å². The lowest BCUT2D eigenvalue weighted by Crippen LogP contribution is -1.94. The minimum absolute atomic E-state index is 0.923. The Balaban J connectivity index is 1.09. The van der Waals surface area contributed by atoms with Gasteiger partial charge in [0.15, 0.2) is 0 Å². The van der Waals surface area contributed by atoms with Crippen molar-refractivity contribution in [2.45, 2.75) is 0 Å². The van der Waals surface area contributed by atoms with Crippen LogP contribution in [0.4, 0.5) is 0 Å². The molecule has 0 saturated heterocycles. The largest absolute Gasteiger partial charge is 0.248 e. The van der Waals surface area contributed by atoms with Crippen molar-refractivity contribution in [3.8, 4) is 112 Å². The van der Waals surface area contributed by atoms with Crippen LogP contribution in [0.25, 0.3) is 112 Å². The molecule has 11 aromatic rings. The van der Waals surface area contributed by atoms with E-state index in [1.807, 2.05) is 36.4 Å². The molecule has 0 radical (unpaired) electrons. The van der Waals surface area contributed by atoms with Gasteiger partial charge in [-0.3, -0.25) is 0 Å². The fraction of sp³-hybridized carbons (Fsp3) is 0. The predicted molar refractivity (Wildman–Crippen MR) is 274 cm³/mol. The van der Waals surface area contributed by atoms with Crippen LogP contribution in [0.1, 0.15) is 0 Å². The lowest BCUT2D eigenvalue weighted by Gasteiger charge is -2.16. The first-order chi connectivity index (χ1) is 32.7. The molecule has 0 aliphatic heterocycles. The third-order valence-electron chi connectivity index (χ3n) is 12.0. The van der Waals surface area contributed by atoms with Gasteiger partial charge in [-0.2, -0.15) is 0 Å². The molecule has 0 aliphatic carbocycles. The second-order valence-corrected chi connectivity index (χ2v) is 16.5. The first-order valence-electron chi connectivity index (χ1n) is 22.3. The zero-order valence-corrected chi connectivity index (χ0v) is 36.2. The third kappa shape index (κ3) is 8.62. The number of hydrogen-bond acceptors (Lipinski definition) is 3. The summed E-state index contributed by atoms with van der Waals surface area (Å²) in [7, 11) is 0. The van der Waals surface area contributed by atoms with Gasteiger partial charge >= 0.3 is 0 Å². The summed E-state index contributed by atoms with van der Waals surface area (Å²) in [5.74, 6) is 0. The van der Waals surface area contributed by atoms with Crippen molar-refractivity contribution in [1.82, 2.24) is 15.0 Å². The average molecular weight is 842 g/mol. The maximum atomic E-state index is 5.23. The Hall–Kier alpha value is -8.79. The second kappa shape index (κ2) is 18.1. The summed E-state index contributed by atoms with van der Waals surface area (Å²) in [6.07, 6.45) is 0.